The second-order valence-electron chi connectivity index (χ2n) is 7.05. The molecule has 1 fully saturated rings. The van der Waals surface area contributed by atoms with E-state index in [2.05, 4.69) is 6.92 Å². The Balaban J connectivity index is 3.12. The quantitative estimate of drug-likeness (QED) is 0.299. The lowest BCUT2D eigenvalue weighted by molar-refractivity contribution is 0.00578. The zero-order valence-electron chi connectivity index (χ0n) is 16.4. The smallest absolute Gasteiger partial charge is 0.399 e. The van der Waals surface area contributed by atoms with Crippen LogP contribution in [0, 0.1) is 0 Å². The number of rotatable bonds is 10. The van der Waals surface area contributed by atoms with Gasteiger partial charge in [-0.2, -0.15) is 0 Å². The fraction of sp³-hybridized carbons (Fsp3) is 0.882. The van der Waals surface area contributed by atoms with Gasteiger partial charge in [-0.15, -0.1) is 0 Å². The number of hydrogen-bond donors (Lipinski definition) is 0. The first-order valence-corrected chi connectivity index (χ1v) is 10.6. The van der Waals surface area contributed by atoms with Crippen molar-refractivity contribution in [1.82, 2.24) is 0 Å². The van der Waals surface area contributed by atoms with Crippen LogP contribution in [0.15, 0.2) is 11.3 Å². The third-order valence-corrected chi connectivity index (χ3v) is 6.79. The molecule has 0 bridgehead atoms. The molecular formula is C17H34BO5P. The minimum absolute atomic E-state index is 0.309. The van der Waals surface area contributed by atoms with Crippen LogP contribution < -0.4 is 0 Å². The second-order valence-corrected chi connectivity index (χ2v) is 9.07. The van der Waals surface area contributed by atoms with Crippen LogP contribution in [0.3, 0.4) is 0 Å². The van der Waals surface area contributed by atoms with Gasteiger partial charge in [-0.25, -0.2) is 0 Å². The van der Waals surface area contributed by atoms with E-state index in [1.165, 1.54) is 0 Å². The number of hydrogen-bond acceptors (Lipinski definition) is 5. The van der Waals surface area contributed by atoms with Gasteiger partial charge in [0.05, 0.1) is 29.6 Å². The highest BCUT2D eigenvalue weighted by molar-refractivity contribution is 7.61. The van der Waals surface area contributed by atoms with Gasteiger partial charge in [0, 0.05) is 0 Å². The van der Waals surface area contributed by atoms with Crippen molar-refractivity contribution in [2.24, 2.45) is 0 Å². The third-order valence-electron chi connectivity index (χ3n) is 4.57. The predicted molar refractivity (Wildman–Crippen MR) is 99.2 cm³/mol. The van der Waals surface area contributed by atoms with E-state index in [0.717, 1.165) is 25.7 Å². The van der Waals surface area contributed by atoms with Crippen LogP contribution in [-0.2, 0) is 22.9 Å². The minimum Gasteiger partial charge on any atom is -0.399 e. The van der Waals surface area contributed by atoms with Gasteiger partial charge < -0.3 is 18.4 Å². The molecule has 1 rings (SSSR count). The summed E-state index contributed by atoms with van der Waals surface area (Å²) in [6, 6.07) is 0. The van der Waals surface area contributed by atoms with E-state index in [1.54, 1.807) is 0 Å². The Hall–Kier alpha value is -0.125. The zero-order valence-corrected chi connectivity index (χ0v) is 17.3. The SMILES string of the molecule is CCCCC/C=C(\B1OC(C)(C)C(C)(C)O1)P(=O)(OCC)OCC. The average molecular weight is 360 g/mol. The van der Waals surface area contributed by atoms with Crippen molar-refractivity contribution in [3.8, 4) is 0 Å². The lowest BCUT2D eigenvalue weighted by Crippen LogP contribution is -2.41. The van der Waals surface area contributed by atoms with Crippen molar-refractivity contribution in [2.45, 2.75) is 85.4 Å². The molecule has 0 aliphatic carbocycles. The molecule has 0 aromatic carbocycles. The summed E-state index contributed by atoms with van der Waals surface area (Å²) in [5.74, 6) is 0. The summed E-state index contributed by atoms with van der Waals surface area (Å²) in [5, 5.41) is 0.501. The lowest BCUT2D eigenvalue weighted by atomic mass is 9.88. The molecule has 0 N–H and O–H groups in total. The van der Waals surface area contributed by atoms with Gasteiger partial charge in [0.2, 0.25) is 0 Å². The molecule has 1 heterocycles. The van der Waals surface area contributed by atoms with E-state index < -0.39 is 25.9 Å². The first-order valence-electron chi connectivity index (χ1n) is 9.09. The molecule has 0 saturated carbocycles. The molecule has 1 aliphatic heterocycles. The van der Waals surface area contributed by atoms with E-state index in [9.17, 15) is 4.57 Å². The molecule has 7 heteroatoms. The second kappa shape index (κ2) is 9.00. The van der Waals surface area contributed by atoms with Crippen LogP contribution >= 0.6 is 7.60 Å². The third kappa shape index (κ3) is 5.19. The molecule has 0 radical (unpaired) electrons. The van der Waals surface area contributed by atoms with Crippen LogP contribution in [-0.4, -0.2) is 31.5 Å². The lowest BCUT2D eigenvalue weighted by Gasteiger charge is -2.32. The Morgan fingerprint density at radius 3 is 1.92 bits per heavy atom. The fourth-order valence-corrected chi connectivity index (χ4v) is 4.24. The van der Waals surface area contributed by atoms with Crippen LogP contribution in [0.2, 0.25) is 0 Å². The van der Waals surface area contributed by atoms with E-state index in [0.29, 0.717) is 18.4 Å². The summed E-state index contributed by atoms with van der Waals surface area (Å²) in [6.45, 7) is 14.3. The van der Waals surface area contributed by atoms with Gasteiger partial charge in [-0.05, 0) is 54.4 Å². The molecule has 0 spiro atoms. The normalized spacial score (nSPS) is 20.6. The summed E-state index contributed by atoms with van der Waals surface area (Å²) < 4.78 is 36.6. The molecule has 140 valence electrons. The molecule has 0 aromatic rings. The van der Waals surface area contributed by atoms with Gasteiger partial charge in [-0.1, -0.05) is 25.8 Å². The molecule has 0 unspecified atom stereocenters. The number of unbranched alkanes of at least 4 members (excludes halogenated alkanes) is 3. The maximum absolute atomic E-state index is 13.3. The van der Waals surface area contributed by atoms with E-state index in [1.807, 2.05) is 47.6 Å². The summed E-state index contributed by atoms with van der Waals surface area (Å²) in [7, 11) is -4.14. The van der Waals surface area contributed by atoms with E-state index in [-0.39, 0.29) is 0 Å². The molecule has 1 aliphatic rings. The highest BCUT2D eigenvalue weighted by Crippen LogP contribution is 2.59. The first kappa shape index (κ1) is 21.9. The Kier molecular flexibility index (Phi) is 8.22. The van der Waals surface area contributed by atoms with Crippen molar-refractivity contribution in [2.75, 3.05) is 13.2 Å². The van der Waals surface area contributed by atoms with Crippen LogP contribution in [0.1, 0.15) is 74.1 Å². The molecule has 1 saturated heterocycles. The Bertz CT molecular complexity index is 450. The van der Waals surface area contributed by atoms with Crippen molar-refractivity contribution >= 4 is 14.7 Å². The summed E-state index contributed by atoms with van der Waals surface area (Å²) in [6.07, 6.45) is 6.02. The summed E-state index contributed by atoms with van der Waals surface area (Å²) in [5.41, 5.74) is -0.993. The standard InChI is InChI=1S/C17H34BO5P/c1-8-11-12-13-14-15(24(19,20-9-2)21-10-3)18-22-16(4,5)17(6,7)23-18/h14H,8-13H2,1-7H3/b15-14+. The zero-order chi connectivity index (χ0) is 18.4. The molecule has 0 aromatic heterocycles. The molecule has 5 nitrogen and oxygen atoms in total. The molecule has 24 heavy (non-hydrogen) atoms. The van der Waals surface area contributed by atoms with Crippen LogP contribution in [0.4, 0.5) is 0 Å². The maximum Gasteiger partial charge on any atom is 0.502 e. The number of allylic oxidation sites excluding steroid dienone is 1. The van der Waals surface area contributed by atoms with Gasteiger partial charge in [-0.3, -0.25) is 4.57 Å². The summed E-state index contributed by atoms with van der Waals surface area (Å²) >= 11 is 0. The van der Waals surface area contributed by atoms with E-state index in [4.69, 9.17) is 18.4 Å². The highest BCUT2D eigenvalue weighted by Gasteiger charge is 2.56. The van der Waals surface area contributed by atoms with Gasteiger partial charge in [0.1, 0.15) is 0 Å². The van der Waals surface area contributed by atoms with Crippen molar-refractivity contribution < 1.29 is 22.9 Å². The van der Waals surface area contributed by atoms with Crippen LogP contribution in [0.5, 0.6) is 0 Å². The van der Waals surface area contributed by atoms with Crippen LogP contribution in [0.25, 0.3) is 0 Å². The van der Waals surface area contributed by atoms with Gasteiger partial charge in [0.25, 0.3) is 0 Å². The Morgan fingerprint density at radius 2 is 1.50 bits per heavy atom. The summed E-state index contributed by atoms with van der Waals surface area (Å²) in [4.78, 5) is 0. The average Bonchev–Trinajstić information content (AvgIpc) is 2.67. The van der Waals surface area contributed by atoms with E-state index >= 15 is 0 Å². The molecule has 0 amide bonds. The van der Waals surface area contributed by atoms with Crippen molar-refractivity contribution in [3.05, 3.63) is 11.3 Å². The monoisotopic (exact) mass is 360 g/mol. The minimum atomic E-state index is -3.43. The van der Waals surface area contributed by atoms with Gasteiger partial charge in [0.15, 0.2) is 0 Å². The predicted octanol–water partition coefficient (Wildman–Crippen LogP) is 5.35. The molecule has 0 atom stereocenters. The Labute approximate surface area is 148 Å². The fourth-order valence-electron chi connectivity index (χ4n) is 2.47. The van der Waals surface area contributed by atoms with Gasteiger partial charge >= 0.3 is 14.7 Å². The highest BCUT2D eigenvalue weighted by atomic mass is 31.2. The van der Waals surface area contributed by atoms with Crippen molar-refractivity contribution in [1.29, 1.82) is 0 Å². The first-order chi connectivity index (χ1) is 11.1. The maximum atomic E-state index is 13.3. The van der Waals surface area contributed by atoms with Crippen molar-refractivity contribution in [3.63, 3.8) is 0 Å². The Morgan fingerprint density at radius 1 is 1.00 bits per heavy atom. The largest absolute Gasteiger partial charge is 0.502 e. The topological polar surface area (TPSA) is 54.0 Å². The molecular weight excluding hydrogens is 326 g/mol.